The number of carbonyl (C=O) groups is 2. The van der Waals surface area contributed by atoms with Crippen molar-refractivity contribution in [2.45, 2.75) is 6.92 Å². The fraction of sp³-hybridized carbons (Fsp3) is 0.217. The topological polar surface area (TPSA) is 78.4 Å². The standard InChI is InChI=1S/C23H23N5O2/c1-17(29)25-20-9-5-8-19(16-20)23(30)28-14-12-27(13-15-28)21-10-11-24-22(26-21)18-6-3-2-4-7-18/h2-11,16H,12-15H2,1H3,(H,25,29). The van der Waals surface area contributed by atoms with Crippen LogP contribution in [0.5, 0.6) is 0 Å². The lowest BCUT2D eigenvalue weighted by Gasteiger charge is -2.35. The van der Waals surface area contributed by atoms with Crippen molar-refractivity contribution < 1.29 is 9.59 Å². The highest BCUT2D eigenvalue weighted by atomic mass is 16.2. The Morgan fingerprint density at radius 1 is 0.933 bits per heavy atom. The molecule has 1 aliphatic rings. The van der Waals surface area contributed by atoms with Crippen LogP contribution in [0.4, 0.5) is 11.5 Å². The molecule has 1 aromatic heterocycles. The molecule has 30 heavy (non-hydrogen) atoms. The third-order valence-corrected chi connectivity index (χ3v) is 4.99. The summed E-state index contributed by atoms with van der Waals surface area (Å²) in [7, 11) is 0. The predicted octanol–water partition coefficient (Wildman–Crippen LogP) is 3.06. The van der Waals surface area contributed by atoms with Gasteiger partial charge >= 0.3 is 0 Å². The zero-order chi connectivity index (χ0) is 20.9. The van der Waals surface area contributed by atoms with Gasteiger partial charge in [0.1, 0.15) is 5.82 Å². The molecule has 0 atom stereocenters. The van der Waals surface area contributed by atoms with Crippen molar-refractivity contribution in [2.24, 2.45) is 0 Å². The van der Waals surface area contributed by atoms with E-state index in [9.17, 15) is 9.59 Å². The molecule has 152 valence electrons. The Bertz CT molecular complexity index is 1050. The Kier molecular flexibility index (Phi) is 5.70. The van der Waals surface area contributed by atoms with Gasteiger partial charge in [-0.05, 0) is 24.3 Å². The maximum atomic E-state index is 12.9. The van der Waals surface area contributed by atoms with Gasteiger partial charge in [-0.3, -0.25) is 9.59 Å². The van der Waals surface area contributed by atoms with Gasteiger partial charge in [0.25, 0.3) is 5.91 Å². The summed E-state index contributed by atoms with van der Waals surface area (Å²) in [5.74, 6) is 1.37. The molecule has 0 saturated carbocycles. The van der Waals surface area contributed by atoms with E-state index in [-0.39, 0.29) is 11.8 Å². The van der Waals surface area contributed by atoms with Crippen LogP contribution in [0.2, 0.25) is 0 Å². The van der Waals surface area contributed by atoms with Gasteiger partial charge in [-0.2, -0.15) is 0 Å². The molecule has 7 nitrogen and oxygen atoms in total. The molecule has 0 unspecified atom stereocenters. The first kappa shape index (κ1) is 19.6. The number of rotatable bonds is 4. The monoisotopic (exact) mass is 401 g/mol. The molecular formula is C23H23N5O2. The molecule has 2 heterocycles. The minimum absolute atomic E-state index is 0.0329. The van der Waals surface area contributed by atoms with Crippen LogP contribution in [0.1, 0.15) is 17.3 Å². The molecule has 0 radical (unpaired) electrons. The number of anilines is 2. The lowest BCUT2D eigenvalue weighted by molar-refractivity contribution is -0.114. The van der Waals surface area contributed by atoms with Crippen LogP contribution in [0.15, 0.2) is 66.9 Å². The summed E-state index contributed by atoms with van der Waals surface area (Å²) in [6.45, 7) is 4.05. The molecule has 4 rings (SSSR count). The molecule has 3 aromatic rings. The maximum Gasteiger partial charge on any atom is 0.254 e. The van der Waals surface area contributed by atoms with E-state index < -0.39 is 0 Å². The number of hydrogen-bond acceptors (Lipinski definition) is 5. The first-order valence-electron chi connectivity index (χ1n) is 9.90. The van der Waals surface area contributed by atoms with Crippen LogP contribution in [0.25, 0.3) is 11.4 Å². The van der Waals surface area contributed by atoms with Gasteiger partial charge in [0.2, 0.25) is 5.91 Å². The quantitative estimate of drug-likeness (QED) is 0.727. The average Bonchev–Trinajstić information content (AvgIpc) is 2.79. The molecule has 0 spiro atoms. The average molecular weight is 401 g/mol. The number of carbonyl (C=O) groups excluding carboxylic acids is 2. The lowest BCUT2D eigenvalue weighted by Crippen LogP contribution is -2.49. The Morgan fingerprint density at radius 3 is 2.43 bits per heavy atom. The second-order valence-electron chi connectivity index (χ2n) is 7.15. The van der Waals surface area contributed by atoms with Crippen molar-refractivity contribution in [3.63, 3.8) is 0 Å². The normalized spacial score (nSPS) is 13.8. The summed E-state index contributed by atoms with van der Waals surface area (Å²) in [4.78, 5) is 37.2. The summed E-state index contributed by atoms with van der Waals surface area (Å²) in [6.07, 6.45) is 1.77. The van der Waals surface area contributed by atoms with Crippen molar-refractivity contribution >= 4 is 23.3 Å². The highest BCUT2D eigenvalue weighted by molar-refractivity contribution is 5.97. The number of aromatic nitrogens is 2. The van der Waals surface area contributed by atoms with Crippen molar-refractivity contribution in [1.29, 1.82) is 0 Å². The summed E-state index contributed by atoms with van der Waals surface area (Å²) in [6, 6.07) is 18.8. The van der Waals surface area contributed by atoms with Crippen LogP contribution >= 0.6 is 0 Å². The van der Waals surface area contributed by atoms with E-state index in [4.69, 9.17) is 4.98 Å². The first-order chi connectivity index (χ1) is 14.6. The van der Waals surface area contributed by atoms with Gasteiger partial charge < -0.3 is 15.1 Å². The minimum atomic E-state index is -0.159. The summed E-state index contributed by atoms with van der Waals surface area (Å²) >= 11 is 0. The lowest BCUT2D eigenvalue weighted by atomic mass is 10.1. The van der Waals surface area contributed by atoms with E-state index in [2.05, 4.69) is 15.2 Å². The van der Waals surface area contributed by atoms with Gasteiger partial charge in [-0.25, -0.2) is 9.97 Å². The Labute approximate surface area is 175 Å². The van der Waals surface area contributed by atoms with Crippen molar-refractivity contribution in [3.05, 3.63) is 72.4 Å². The molecule has 1 aliphatic heterocycles. The molecule has 1 N–H and O–H groups in total. The fourth-order valence-corrected chi connectivity index (χ4v) is 3.51. The smallest absolute Gasteiger partial charge is 0.254 e. The zero-order valence-electron chi connectivity index (χ0n) is 16.8. The van der Waals surface area contributed by atoms with Gasteiger partial charge in [0, 0.05) is 56.1 Å². The highest BCUT2D eigenvalue weighted by Gasteiger charge is 2.23. The fourth-order valence-electron chi connectivity index (χ4n) is 3.51. The Hall–Kier alpha value is -3.74. The van der Waals surface area contributed by atoms with E-state index in [1.165, 1.54) is 6.92 Å². The van der Waals surface area contributed by atoms with Crippen LogP contribution in [-0.4, -0.2) is 52.9 Å². The minimum Gasteiger partial charge on any atom is -0.353 e. The van der Waals surface area contributed by atoms with Crippen molar-refractivity contribution in [2.75, 3.05) is 36.4 Å². The van der Waals surface area contributed by atoms with E-state index in [1.54, 1.807) is 30.5 Å². The number of amides is 2. The molecule has 2 amide bonds. The Morgan fingerprint density at radius 2 is 1.70 bits per heavy atom. The number of nitrogens with zero attached hydrogens (tertiary/aromatic N) is 4. The number of benzene rings is 2. The number of hydrogen-bond donors (Lipinski definition) is 1. The largest absolute Gasteiger partial charge is 0.353 e. The first-order valence-corrected chi connectivity index (χ1v) is 9.90. The summed E-state index contributed by atoms with van der Waals surface area (Å²) in [5, 5.41) is 2.72. The molecule has 7 heteroatoms. The third kappa shape index (κ3) is 4.46. The van der Waals surface area contributed by atoms with E-state index in [0.717, 1.165) is 11.4 Å². The number of piperazine rings is 1. The molecule has 0 aliphatic carbocycles. The molecule has 0 bridgehead atoms. The number of nitrogens with one attached hydrogen (secondary N) is 1. The van der Waals surface area contributed by atoms with E-state index >= 15 is 0 Å². The molecule has 1 fully saturated rings. The third-order valence-electron chi connectivity index (χ3n) is 4.99. The van der Waals surface area contributed by atoms with Crippen LogP contribution in [0.3, 0.4) is 0 Å². The van der Waals surface area contributed by atoms with Crippen molar-refractivity contribution in [3.8, 4) is 11.4 Å². The van der Waals surface area contributed by atoms with Gasteiger partial charge in [0.05, 0.1) is 0 Å². The van der Waals surface area contributed by atoms with Crippen LogP contribution in [0, 0.1) is 0 Å². The SMILES string of the molecule is CC(=O)Nc1cccc(C(=O)N2CCN(c3ccnc(-c4ccccc4)n3)CC2)c1. The molecular weight excluding hydrogens is 378 g/mol. The molecule has 1 saturated heterocycles. The second-order valence-corrected chi connectivity index (χ2v) is 7.15. The van der Waals surface area contributed by atoms with Gasteiger partial charge in [-0.15, -0.1) is 0 Å². The van der Waals surface area contributed by atoms with Crippen LogP contribution < -0.4 is 10.2 Å². The van der Waals surface area contributed by atoms with E-state index in [0.29, 0.717) is 43.3 Å². The predicted molar refractivity (Wildman–Crippen MR) is 116 cm³/mol. The maximum absolute atomic E-state index is 12.9. The van der Waals surface area contributed by atoms with Crippen molar-refractivity contribution in [1.82, 2.24) is 14.9 Å². The van der Waals surface area contributed by atoms with Gasteiger partial charge in [-0.1, -0.05) is 36.4 Å². The zero-order valence-corrected chi connectivity index (χ0v) is 16.8. The van der Waals surface area contributed by atoms with Crippen LogP contribution in [-0.2, 0) is 4.79 Å². The summed E-state index contributed by atoms with van der Waals surface area (Å²) < 4.78 is 0. The summed E-state index contributed by atoms with van der Waals surface area (Å²) in [5.41, 5.74) is 2.18. The highest BCUT2D eigenvalue weighted by Crippen LogP contribution is 2.20. The molecule has 2 aromatic carbocycles. The second kappa shape index (κ2) is 8.73. The van der Waals surface area contributed by atoms with Gasteiger partial charge in [0.15, 0.2) is 5.82 Å². The van der Waals surface area contributed by atoms with E-state index in [1.807, 2.05) is 41.3 Å². The Balaban J connectivity index is 1.42.